The highest BCUT2D eigenvalue weighted by Gasteiger charge is 2.80. The molecule has 0 aromatic heterocycles. The molecule has 6 fully saturated rings. The van der Waals surface area contributed by atoms with E-state index in [1.54, 1.807) is 0 Å². The Morgan fingerprint density at radius 1 is 0.882 bits per heavy atom. The SMILES string of the molecule is CC1(C)[C@H](O)CC[C@]2(C)[C@H]3CC[C@]45OC[C@@]6(CC[C@](C)(C=O)C[C@@H]64)C(=O)C[C@@]5(C)[C@]3(C)CC[C@@H]12. The van der Waals surface area contributed by atoms with E-state index in [-0.39, 0.29) is 50.1 Å². The lowest BCUT2D eigenvalue weighted by Crippen LogP contribution is -2.73. The monoisotopic (exact) mass is 470 g/mol. The highest BCUT2D eigenvalue weighted by Crippen LogP contribution is 2.79. The number of Topliss-reactive ketones (excluding diaryl/α,β-unsaturated/α-hetero) is 1. The molecule has 1 aliphatic heterocycles. The number of aliphatic hydroxyl groups excluding tert-OH is 1. The molecule has 1 saturated heterocycles. The van der Waals surface area contributed by atoms with Crippen molar-refractivity contribution >= 4 is 12.1 Å². The second kappa shape index (κ2) is 6.57. The summed E-state index contributed by atoms with van der Waals surface area (Å²) in [7, 11) is 0. The van der Waals surface area contributed by atoms with E-state index in [1.165, 1.54) is 6.29 Å². The van der Waals surface area contributed by atoms with E-state index in [9.17, 15) is 14.7 Å². The van der Waals surface area contributed by atoms with Gasteiger partial charge in [0.25, 0.3) is 0 Å². The van der Waals surface area contributed by atoms with Crippen molar-refractivity contribution in [2.24, 2.45) is 50.2 Å². The van der Waals surface area contributed by atoms with Gasteiger partial charge in [-0.15, -0.1) is 0 Å². The van der Waals surface area contributed by atoms with Crippen LogP contribution in [0, 0.1) is 50.2 Å². The van der Waals surface area contributed by atoms with E-state index in [0.29, 0.717) is 30.6 Å². The first-order chi connectivity index (χ1) is 15.7. The normalized spacial score (nSPS) is 59.9. The van der Waals surface area contributed by atoms with Crippen molar-refractivity contribution in [3.8, 4) is 0 Å². The van der Waals surface area contributed by atoms with Gasteiger partial charge in [-0.3, -0.25) is 4.79 Å². The maximum Gasteiger partial charge on any atom is 0.142 e. The maximum absolute atomic E-state index is 14.1. The van der Waals surface area contributed by atoms with Crippen LogP contribution in [0.2, 0.25) is 0 Å². The molecule has 5 saturated carbocycles. The van der Waals surface area contributed by atoms with Crippen molar-refractivity contribution in [3.63, 3.8) is 0 Å². The Bertz CT molecular complexity index is 942. The van der Waals surface area contributed by atoms with Crippen LogP contribution in [-0.2, 0) is 14.3 Å². The van der Waals surface area contributed by atoms with Gasteiger partial charge in [0.15, 0.2) is 0 Å². The average molecular weight is 471 g/mol. The molecule has 5 aliphatic carbocycles. The minimum atomic E-state index is -0.358. The molecule has 34 heavy (non-hydrogen) atoms. The Balaban J connectivity index is 1.46. The third-order valence-electron chi connectivity index (χ3n) is 14.0. The van der Waals surface area contributed by atoms with Crippen LogP contribution in [0.5, 0.6) is 0 Å². The van der Waals surface area contributed by atoms with E-state index < -0.39 is 0 Å². The summed E-state index contributed by atoms with van der Waals surface area (Å²) in [5.41, 5.74) is -1.05. The quantitative estimate of drug-likeness (QED) is 0.496. The van der Waals surface area contributed by atoms with Gasteiger partial charge in [-0.25, -0.2) is 0 Å². The van der Waals surface area contributed by atoms with Gasteiger partial charge in [-0.2, -0.15) is 0 Å². The first-order valence-corrected chi connectivity index (χ1v) is 14.1. The van der Waals surface area contributed by atoms with Gasteiger partial charge in [0.05, 0.1) is 23.7 Å². The second-order valence-corrected chi connectivity index (χ2v) is 15.3. The third-order valence-corrected chi connectivity index (χ3v) is 14.0. The lowest BCUT2D eigenvalue weighted by atomic mass is 9.30. The summed E-state index contributed by atoms with van der Waals surface area (Å²) in [5, 5.41) is 10.9. The molecule has 0 aromatic rings. The number of carbonyl (C=O) groups excluding carboxylic acids is 2. The number of ether oxygens (including phenoxy) is 1. The third kappa shape index (κ3) is 2.35. The maximum atomic E-state index is 14.1. The smallest absolute Gasteiger partial charge is 0.142 e. The minimum absolute atomic E-state index is 0.0239. The Kier molecular flexibility index (Phi) is 4.57. The Morgan fingerprint density at radius 3 is 2.29 bits per heavy atom. The molecule has 0 amide bonds. The summed E-state index contributed by atoms with van der Waals surface area (Å²) in [6.45, 7) is 14.7. The number of carbonyl (C=O) groups is 2. The van der Waals surface area contributed by atoms with Crippen molar-refractivity contribution < 1.29 is 19.4 Å². The predicted octanol–water partition coefficient (Wildman–Crippen LogP) is 5.74. The number of aldehydes is 1. The van der Waals surface area contributed by atoms with E-state index in [4.69, 9.17) is 4.74 Å². The molecule has 0 radical (unpaired) electrons. The second-order valence-electron chi connectivity index (χ2n) is 15.3. The Morgan fingerprint density at radius 2 is 1.59 bits per heavy atom. The number of hydrogen-bond donors (Lipinski definition) is 1. The van der Waals surface area contributed by atoms with E-state index in [2.05, 4.69) is 41.5 Å². The summed E-state index contributed by atoms with van der Waals surface area (Å²) in [5.74, 6) is 1.64. The largest absolute Gasteiger partial charge is 0.393 e. The zero-order chi connectivity index (χ0) is 24.6. The summed E-state index contributed by atoms with van der Waals surface area (Å²) in [4.78, 5) is 26.2. The molecule has 6 rings (SSSR count). The van der Waals surface area contributed by atoms with E-state index >= 15 is 0 Å². The number of hydrogen-bond acceptors (Lipinski definition) is 4. The molecule has 1 heterocycles. The van der Waals surface area contributed by atoms with Crippen molar-refractivity contribution in [2.45, 2.75) is 117 Å². The van der Waals surface area contributed by atoms with Crippen LogP contribution in [0.3, 0.4) is 0 Å². The van der Waals surface area contributed by atoms with Crippen LogP contribution in [-0.4, -0.2) is 35.5 Å². The molecule has 1 N–H and O–H groups in total. The summed E-state index contributed by atoms with van der Waals surface area (Å²) < 4.78 is 6.98. The zero-order valence-corrected chi connectivity index (χ0v) is 22.3. The van der Waals surface area contributed by atoms with Gasteiger partial charge < -0.3 is 14.6 Å². The van der Waals surface area contributed by atoms with Crippen molar-refractivity contribution in [2.75, 3.05) is 6.61 Å². The fourth-order valence-electron chi connectivity index (χ4n) is 11.7. The van der Waals surface area contributed by atoms with Crippen LogP contribution < -0.4 is 0 Å². The van der Waals surface area contributed by atoms with Crippen LogP contribution in [0.25, 0.3) is 0 Å². The molecule has 190 valence electrons. The van der Waals surface area contributed by atoms with Gasteiger partial charge in [-0.05, 0) is 85.9 Å². The average Bonchev–Trinajstić information content (AvgIpc) is 3.05. The predicted molar refractivity (Wildman–Crippen MR) is 131 cm³/mol. The molecule has 0 aromatic carbocycles. The van der Waals surface area contributed by atoms with Crippen LogP contribution >= 0.6 is 0 Å². The summed E-state index contributed by atoms with van der Waals surface area (Å²) in [6.07, 6.45) is 10.4. The van der Waals surface area contributed by atoms with Gasteiger partial charge in [-0.1, -0.05) is 41.5 Å². The number of rotatable bonds is 1. The molecule has 2 bridgehead atoms. The number of aliphatic hydroxyl groups is 1. The highest BCUT2D eigenvalue weighted by molar-refractivity contribution is 5.89. The summed E-state index contributed by atoms with van der Waals surface area (Å²) in [6, 6.07) is 0. The van der Waals surface area contributed by atoms with Gasteiger partial charge in [0.1, 0.15) is 12.1 Å². The van der Waals surface area contributed by atoms with Crippen molar-refractivity contribution in [1.82, 2.24) is 0 Å². The number of fused-ring (bicyclic) bond motifs is 4. The van der Waals surface area contributed by atoms with Crippen LogP contribution in [0.1, 0.15) is 106 Å². The highest BCUT2D eigenvalue weighted by atomic mass is 16.5. The zero-order valence-electron chi connectivity index (χ0n) is 22.3. The van der Waals surface area contributed by atoms with Crippen molar-refractivity contribution in [3.05, 3.63) is 0 Å². The van der Waals surface area contributed by atoms with Crippen molar-refractivity contribution in [1.29, 1.82) is 0 Å². The van der Waals surface area contributed by atoms with Gasteiger partial charge >= 0.3 is 0 Å². The fourth-order valence-corrected chi connectivity index (χ4v) is 11.7. The van der Waals surface area contributed by atoms with Crippen LogP contribution in [0.15, 0.2) is 0 Å². The molecular formula is C30H46O4. The first-order valence-electron chi connectivity index (χ1n) is 14.1. The standard InChI is InChI=1S/C30H46O4/c1-24(2)19-7-11-27(5)20(26(19,4)10-9-22(24)32)8-12-30-21-15-25(3,17-31)13-14-29(21,18-34-30)23(33)16-28(27,30)6/h17,19-22,32H,7-16,18H2,1-6H3/t19-,20+,21-,22+,25-,26-,27+,28-,29+,30-/m0/s1. The molecular weight excluding hydrogens is 424 g/mol. The molecule has 10 atom stereocenters. The number of ketones is 1. The minimum Gasteiger partial charge on any atom is -0.393 e. The molecule has 0 unspecified atom stereocenters. The Labute approximate surface area is 206 Å². The van der Waals surface area contributed by atoms with Gasteiger partial charge in [0, 0.05) is 23.2 Å². The molecule has 6 aliphatic rings. The molecule has 1 spiro atoms. The fraction of sp³-hybridized carbons (Fsp3) is 0.933. The van der Waals surface area contributed by atoms with E-state index in [0.717, 1.165) is 57.8 Å². The Hall–Kier alpha value is -0.740. The lowest BCUT2D eigenvalue weighted by Gasteiger charge is -2.74. The summed E-state index contributed by atoms with van der Waals surface area (Å²) >= 11 is 0. The lowest BCUT2D eigenvalue weighted by molar-refractivity contribution is -0.282. The van der Waals surface area contributed by atoms with E-state index in [1.807, 2.05) is 0 Å². The van der Waals surface area contributed by atoms with Gasteiger partial charge in [0.2, 0.25) is 0 Å². The first kappa shape index (κ1) is 23.6. The molecule has 4 heteroatoms. The topological polar surface area (TPSA) is 63.6 Å². The van der Waals surface area contributed by atoms with Crippen LogP contribution in [0.4, 0.5) is 0 Å². The molecule has 4 nitrogen and oxygen atoms in total.